The monoisotopic (exact) mass is 375 g/mol. The van der Waals surface area contributed by atoms with Crippen LogP contribution in [0.3, 0.4) is 0 Å². The van der Waals surface area contributed by atoms with Gasteiger partial charge in [-0.05, 0) is 31.0 Å². The van der Waals surface area contributed by atoms with Gasteiger partial charge >= 0.3 is 0 Å². The second-order valence-electron chi connectivity index (χ2n) is 6.64. The molecule has 0 bridgehead atoms. The predicted octanol–water partition coefficient (Wildman–Crippen LogP) is 2.65. The number of anilines is 1. The van der Waals surface area contributed by atoms with E-state index >= 15 is 0 Å². The summed E-state index contributed by atoms with van der Waals surface area (Å²) in [6.07, 6.45) is 5.48. The van der Waals surface area contributed by atoms with Crippen LogP contribution in [-0.2, 0) is 0 Å². The molecular formula is C19H17N7O2. The fraction of sp³-hybridized carbons (Fsp3) is 0.211. The predicted molar refractivity (Wildman–Crippen MR) is 101 cm³/mol. The topological polar surface area (TPSA) is 110 Å². The molecular weight excluding hydrogens is 358 g/mol. The Labute approximate surface area is 159 Å². The fourth-order valence-electron chi connectivity index (χ4n) is 3.18. The van der Waals surface area contributed by atoms with Crippen LogP contribution in [0.5, 0.6) is 5.75 Å². The zero-order valence-electron chi connectivity index (χ0n) is 15.1. The van der Waals surface area contributed by atoms with E-state index in [4.69, 9.17) is 4.74 Å². The third-order valence-electron chi connectivity index (χ3n) is 4.73. The number of nitrogens with one attached hydrogen (secondary N) is 2. The summed E-state index contributed by atoms with van der Waals surface area (Å²) in [6.45, 7) is 0. The number of ether oxygens (including phenoxy) is 1. The molecule has 0 radical (unpaired) electrons. The van der Waals surface area contributed by atoms with Crippen molar-refractivity contribution in [1.82, 2.24) is 29.8 Å². The summed E-state index contributed by atoms with van der Waals surface area (Å²) in [7, 11) is 1.60. The molecule has 0 unspecified atom stereocenters. The van der Waals surface area contributed by atoms with Crippen molar-refractivity contribution in [3.8, 4) is 17.0 Å². The lowest BCUT2D eigenvalue weighted by Crippen LogP contribution is -2.13. The highest BCUT2D eigenvalue weighted by atomic mass is 16.5. The number of carbonyl (C=O) groups excluding carboxylic acids is 1. The molecule has 3 aromatic heterocycles. The van der Waals surface area contributed by atoms with Gasteiger partial charge < -0.3 is 4.74 Å². The number of rotatable bonds is 5. The van der Waals surface area contributed by atoms with Gasteiger partial charge in [-0.1, -0.05) is 12.1 Å². The fourth-order valence-corrected chi connectivity index (χ4v) is 3.18. The lowest BCUT2D eigenvalue weighted by atomic mass is 10.1. The second-order valence-corrected chi connectivity index (χ2v) is 6.64. The summed E-state index contributed by atoms with van der Waals surface area (Å²) >= 11 is 0. The van der Waals surface area contributed by atoms with Crippen LogP contribution in [-0.4, -0.2) is 42.8 Å². The van der Waals surface area contributed by atoms with E-state index < -0.39 is 0 Å². The SMILES string of the molecule is COc1cccc(-c2[nH]ncc2C(=O)Nc2nc3nccc(C4CC4)n3n2)c1. The smallest absolute Gasteiger partial charge is 0.261 e. The minimum atomic E-state index is -0.351. The molecule has 1 saturated carbocycles. The van der Waals surface area contributed by atoms with Crippen LogP contribution in [0.1, 0.15) is 34.8 Å². The quantitative estimate of drug-likeness (QED) is 0.555. The number of aromatic amines is 1. The van der Waals surface area contributed by atoms with Gasteiger partial charge in [0, 0.05) is 17.7 Å². The van der Waals surface area contributed by atoms with Crippen LogP contribution in [0.15, 0.2) is 42.7 Å². The number of hydrogen-bond donors (Lipinski definition) is 2. The molecule has 2 N–H and O–H groups in total. The Hall–Kier alpha value is -3.75. The van der Waals surface area contributed by atoms with Crippen molar-refractivity contribution < 1.29 is 9.53 Å². The molecule has 9 nitrogen and oxygen atoms in total. The Kier molecular flexibility index (Phi) is 3.78. The molecule has 28 heavy (non-hydrogen) atoms. The van der Waals surface area contributed by atoms with Crippen LogP contribution in [0.4, 0.5) is 5.95 Å². The normalized spacial score (nSPS) is 13.6. The molecule has 0 saturated heterocycles. The number of fused-ring (bicyclic) bond motifs is 1. The first-order valence-electron chi connectivity index (χ1n) is 8.94. The van der Waals surface area contributed by atoms with Gasteiger partial charge in [0.05, 0.1) is 30.3 Å². The largest absolute Gasteiger partial charge is 0.497 e. The number of amides is 1. The van der Waals surface area contributed by atoms with Gasteiger partial charge in [-0.2, -0.15) is 14.6 Å². The molecule has 4 aromatic rings. The van der Waals surface area contributed by atoms with Gasteiger partial charge in [-0.3, -0.25) is 15.2 Å². The molecule has 1 aliphatic rings. The molecule has 0 atom stereocenters. The Morgan fingerprint density at radius 3 is 3.04 bits per heavy atom. The van der Waals surface area contributed by atoms with Crippen molar-refractivity contribution in [3.63, 3.8) is 0 Å². The maximum absolute atomic E-state index is 12.8. The van der Waals surface area contributed by atoms with Gasteiger partial charge in [0.2, 0.25) is 0 Å². The van der Waals surface area contributed by atoms with E-state index in [0.29, 0.717) is 28.7 Å². The molecule has 1 aromatic carbocycles. The standard InChI is InChI=1S/C19H17N7O2/c1-28-13-4-2-3-12(9-13)16-14(10-21-24-16)17(27)22-18-23-19-20-8-7-15(11-5-6-11)26(19)25-18/h2-4,7-11H,5-6H2,1H3,(H,21,24)(H,22,25,27). The van der Waals surface area contributed by atoms with Crippen LogP contribution < -0.4 is 10.1 Å². The molecule has 1 amide bonds. The summed E-state index contributed by atoms with van der Waals surface area (Å²) < 4.78 is 6.95. The van der Waals surface area contributed by atoms with Gasteiger partial charge in [-0.15, -0.1) is 5.10 Å². The number of nitrogens with zero attached hydrogens (tertiary/aromatic N) is 5. The van der Waals surface area contributed by atoms with E-state index in [1.807, 2.05) is 30.3 Å². The summed E-state index contributed by atoms with van der Waals surface area (Å²) in [5, 5.41) is 14.1. The first kappa shape index (κ1) is 16.4. The first-order chi connectivity index (χ1) is 13.7. The highest BCUT2D eigenvalue weighted by Gasteiger charge is 2.27. The van der Waals surface area contributed by atoms with Crippen molar-refractivity contribution in [2.45, 2.75) is 18.8 Å². The van der Waals surface area contributed by atoms with Crippen molar-refractivity contribution in [2.75, 3.05) is 12.4 Å². The molecule has 3 heterocycles. The lowest BCUT2D eigenvalue weighted by Gasteiger charge is -2.05. The molecule has 1 aliphatic carbocycles. The Morgan fingerprint density at radius 1 is 1.32 bits per heavy atom. The van der Waals surface area contributed by atoms with Crippen molar-refractivity contribution in [2.24, 2.45) is 0 Å². The Bertz CT molecular complexity index is 1180. The minimum Gasteiger partial charge on any atom is -0.497 e. The van der Waals surface area contributed by atoms with E-state index in [1.165, 1.54) is 6.20 Å². The number of H-pyrrole nitrogens is 1. The highest BCUT2D eigenvalue weighted by Crippen LogP contribution is 2.39. The van der Waals surface area contributed by atoms with Gasteiger partial charge in [-0.25, -0.2) is 4.98 Å². The average Bonchev–Trinajstić information content (AvgIpc) is 3.28. The zero-order chi connectivity index (χ0) is 19.1. The number of hydrogen-bond acceptors (Lipinski definition) is 6. The molecule has 9 heteroatoms. The maximum Gasteiger partial charge on any atom is 0.261 e. The average molecular weight is 375 g/mol. The molecule has 0 spiro atoms. The third-order valence-corrected chi connectivity index (χ3v) is 4.73. The third kappa shape index (κ3) is 2.86. The maximum atomic E-state index is 12.8. The molecule has 0 aliphatic heterocycles. The summed E-state index contributed by atoms with van der Waals surface area (Å²) in [5.74, 6) is 1.52. The summed E-state index contributed by atoms with van der Waals surface area (Å²) in [4.78, 5) is 21.4. The van der Waals surface area contributed by atoms with Gasteiger partial charge in [0.1, 0.15) is 5.75 Å². The Balaban J connectivity index is 1.44. The van der Waals surface area contributed by atoms with E-state index in [-0.39, 0.29) is 11.9 Å². The first-order valence-corrected chi connectivity index (χ1v) is 8.94. The van der Waals surface area contributed by atoms with Gasteiger partial charge in [0.25, 0.3) is 17.6 Å². The second kappa shape index (κ2) is 6.45. The Morgan fingerprint density at radius 2 is 2.21 bits per heavy atom. The number of aromatic nitrogens is 6. The van der Waals surface area contributed by atoms with E-state index in [2.05, 4.69) is 30.6 Å². The van der Waals surface area contributed by atoms with Crippen LogP contribution >= 0.6 is 0 Å². The van der Waals surface area contributed by atoms with E-state index in [0.717, 1.165) is 24.1 Å². The van der Waals surface area contributed by atoms with Crippen LogP contribution in [0.2, 0.25) is 0 Å². The van der Waals surface area contributed by atoms with E-state index in [9.17, 15) is 4.79 Å². The number of methoxy groups -OCH3 is 1. The summed E-state index contributed by atoms with van der Waals surface area (Å²) in [5.41, 5.74) is 2.85. The zero-order valence-corrected chi connectivity index (χ0v) is 15.1. The van der Waals surface area contributed by atoms with Gasteiger partial charge in [0.15, 0.2) is 0 Å². The molecule has 140 valence electrons. The minimum absolute atomic E-state index is 0.211. The van der Waals surface area contributed by atoms with Crippen molar-refractivity contribution >= 4 is 17.6 Å². The van der Waals surface area contributed by atoms with E-state index in [1.54, 1.807) is 17.8 Å². The molecule has 5 rings (SSSR count). The summed E-state index contributed by atoms with van der Waals surface area (Å²) in [6, 6.07) is 9.35. The lowest BCUT2D eigenvalue weighted by molar-refractivity contribution is 0.102. The van der Waals surface area contributed by atoms with Crippen LogP contribution in [0.25, 0.3) is 17.0 Å². The number of benzene rings is 1. The van der Waals surface area contributed by atoms with Crippen molar-refractivity contribution in [1.29, 1.82) is 0 Å². The highest BCUT2D eigenvalue weighted by molar-refractivity contribution is 6.07. The molecule has 1 fully saturated rings. The van der Waals surface area contributed by atoms with Crippen molar-refractivity contribution in [3.05, 3.63) is 54.0 Å². The van der Waals surface area contributed by atoms with Crippen LogP contribution in [0, 0.1) is 0 Å². The number of carbonyl (C=O) groups is 1.